The van der Waals surface area contributed by atoms with E-state index in [0.29, 0.717) is 12.8 Å². The lowest BCUT2D eigenvalue weighted by atomic mass is 9.52. The standard InChI is InChI=1S/C32H44F5NO/c1-9-24-27-16-17-30(39,31(33,34)32(35,36)37)29(27,6)18-26(23-13-11-22(12-14-23)19-38(7)8)28(24)25(21(4)5)15-10-20(2)3/h11-14,24,26-27,39H,2,4,9-10,15-19H2,1,3,5-8H3/b28-25+/t24?,26-,27?,29?,30+/m1/s1. The van der Waals surface area contributed by atoms with Crippen LogP contribution in [-0.2, 0) is 6.54 Å². The fourth-order valence-electron chi connectivity index (χ4n) is 7.40. The van der Waals surface area contributed by atoms with Gasteiger partial charge < -0.3 is 10.0 Å². The Morgan fingerprint density at radius 1 is 1.05 bits per heavy atom. The van der Waals surface area contributed by atoms with Crippen molar-refractivity contribution in [3.05, 3.63) is 70.8 Å². The van der Waals surface area contributed by atoms with Crippen molar-refractivity contribution in [3.8, 4) is 0 Å². The number of hydrogen-bond acceptors (Lipinski definition) is 2. The van der Waals surface area contributed by atoms with E-state index in [1.54, 1.807) is 0 Å². The summed E-state index contributed by atoms with van der Waals surface area (Å²) < 4.78 is 71.5. The molecule has 0 bridgehead atoms. The minimum atomic E-state index is -5.84. The average Bonchev–Trinajstić information content (AvgIpc) is 3.09. The average molecular weight is 554 g/mol. The van der Waals surface area contributed by atoms with Crippen LogP contribution >= 0.6 is 0 Å². The normalized spacial score (nSPS) is 30.8. The van der Waals surface area contributed by atoms with E-state index in [0.717, 1.165) is 46.4 Å². The molecule has 5 atom stereocenters. The number of hydrogen-bond donors (Lipinski definition) is 1. The Bertz CT molecular complexity index is 1100. The van der Waals surface area contributed by atoms with E-state index in [-0.39, 0.29) is 18.8 Å². The topological polar surface area (TPSA) is 23.5 Å². The van der Waals surface area contributed by atoms with E-state index in [1.807, 2.05) is 64.0 Å². The van der Waals surface area contributed by atoms with Gasteiger partial charge in [-0.3, -0.25) is 0 Å². The zero-order chi connectivity index (χ0) is 29.6. The maximum absolute atomic E-state index is 15.1. The molecule has 1 N–H and O–H groups in total. The van der Waals surface area contributed by atoms with Gasteiger partial charge in [-0.2, -0.15) is 22.0 Å². The van der Waals surface area contributed by atoms with E-state index in [9.17, 15) is 18.3 Å². The fourth-order valence-corrected chi connectivity index (χ4v) is 7.40. The van der Waals surface area contributed by atoms with Gasteiger partial charge in [0.05, 0.1) is 0 Å². The van der Waals surface area contributed by atoms with Crippen molar-refractivity contribution in [2.24, 2.45) is 17.3 Å². The highest BCUT2D eigenvalue weighted by atomic mass is 19.4. The largest absolute Gasteiger partial charge is 0.456 e. The molecule has 39 heavy (non-hydrogen) atoms. The van der Waals surface area contributed by atoms with Gasteiger partial charge in [-0.05, 0) is 95.0 Å². The van der Waals surface area contributed by atoms with Crippen LogP contribution in [0.5, 0.6) is 0 Å². The summed E-state index contributed by atoms with van der Waals surface area (Å²) in [5, 5.41) is 11.4. The molecule has 7 heteroatoms. The Hall–Kier alpha value is -1.99. The molecule has 218 valence electrons. The summed E-state index contributed by atoms with van der Waals surface area (Å²) >= 11 is 0. The van der Waals surface area contributed by atoms with Gasteiger partial charge in [-0.25, -0.2) is 0 Å². The first kappa shape index (κ1) is 31.5. The summed E-state index contributed by atoms with van der Waals surface area (Å²) in [4.78, 5) is 2.04. The molecule has 1 aromatic rings. The third kappa shape index (κ3) is 5.50. The summed E-state index contributed by atoms with van der Waals surface area (Å²) in [5.74, 6) is -6.42. The van der Waals surface area contributed by atoms with Crippen LogP contribution < -0.4 is 0 Å². The number of allylic oxidation sites excluding steroid dienone is 4. The highest BCUT2D eigenvalue weighted by Crippen LogP contribution is 2.69. The smallest absolute Gasteiger partial charge is 0.383 e. The molecule has 1 aromatic carbocycles. The van der Waals surface area contributed by atoms with E-state index >= 15 is 8.78 Å². The summed E-state index contributed by atoms with van der Waals surface area (Å²) in [6, 6.07) is 7.90. The van der Waals surface area contributed by atoms with Crippen molar-refractivity contribution in [3.63, 3.8) is 0 Å². The Labute approximate surface area is 230 Å². The van der Waals surface area contributed by atoms with Gasteiger partial charge in [-0.15, -0.1) is 6.58 Å². The number of nitrogens with zero attached hydrogens (tertiary/aromatic N) is 1. The van der Waals surface area contributed by atoms with E-state index < -0.39 is 41.4 Å². The monoisotopic (exact) mass is 553 g/mol. The summed E-state index contributed by atoms with van der Waals surface area (Å²) in [6.45, 7) is 16.3. The second-order valence-electron chi connectivity index (χ2n) is 12.4. The van der Waals surface area contributed by atoms with Gasteiger partial charge in [0.15, 0.2) is 0 Å². The van der Waals surface area contributed by atoms with Crippen LogP contribution in [-0.4, -0.2) is 41.8 Å². The molecule has 0 spiro atoms. The van der Waals surface area contributed by atoms with Gasteiger partial charge in [0.2, 0.25) is 0 Å². The number of aliphatic hydroxyl groups is 1. The van der Waals surface area contributed by atoms with Gasteiger partial charge >= 0.3 is 12.1 Å². The minimum Gasteiger partial charge on any atom is -0.383 e. The zero-order valence-corrected chi connectivity index (χ0v) is 24.2. The molecule has 3 rings (SSSR count). The second-order valence-corrected chi connectivity index (χ2v) is 12.4. The first-order chi connectivity index (χ1) is 17.9. The summed E-state index contributed by atoms with van der Waals surface area (Å²) in [6.07, 6.45) is -4.34. The molecule has 0 heterocycles. The molecule has 0 saturated heterocycles. The van der Waals surface area contributed by atoms with Crippen LogP contribution in [0.2, 0.25) is 0 Å². The maximum atomic E-state index is 15.1. The molecule has 2 fully saturated rings. The van der Waals surface area contributed by atoms with Crippen molar-refractivity contribution in [2.75, 3.05) is 14.1 Å². The number of alkyl halides is 5. The van der Waals surface area contributed by atoms with Crippen molar-refractivity contribution < 1.29 is 27.1 Å². The van der Waals surface area contributed by atoms with E-state index in [2.05, 4.69) is 13.2 Å². The highest BCUT2D eigenvalue weighted by molar-refractivity contribution is 5.45. The predicted molar refractivity (Wildman–Crippen MR) is 148 cm³/mol. The van der Waals surface area contributed by atoms with Crippen molar-refractivity contribution >= 4 is 0 Å². The Balaban J connectivity index is 2.26. The summed E-state index contributed by atoms with van der Waals surface area (Å²) in [5.41, 5.74) is 1.11. The van der Waals surface area contributed by atoms with Crippen LogP contribution in [0.3, 0.4) is 0 Å². The van der Waals surface area contributed by atoms with Crippen LogP contribution in [0.4, 0.5) is 22.0 Å². The highest BCUT2D eigenvalue weighted by Gasteiger charge is 2.78. The lowest BCUT2D eigenvalue weighted by Gasteiger charge is -2.55. The Morgan fingerprint density at radius 3 is 2.10 bits per heavy atom. The van der Waals surface area contributed by atoms with Gasteiger partial charge in [0.1, 0.15) is 5.60 Å². The predicted octanol–water partition coefficient (Wildman–Crippen LogP) is 8.84. The quantitative estimate of drug-likeness (QED) is 0.244. The third-order valence-electron chi connectivity index (χ3n) is 9.33. The van der Waals surface area contributed by atoms with Crippen molar-refractivity contribution in [1.29, 1.82) is 0 Å². The maximum Gasteiger partial charge on any atom is 0.456 e. The fraction of sp³-hybridized carbons (Fsp3) is 0.625. The molecule has 2 saturated carbocycles. The third-order valence-corrected chi connectivity index (χ3v) is 9.33. The first-order valence-electron chi connectivity index (χ1n) is 13.8. The van der Waals surface area contributed by atoms with Crippen molar-refractivity contribution in [2.45, 2.75) is 96.4 Å². The van der Waals surface area contributed by atoms with Crippen LogP contribution in [0, 0.1) is 17.3 Å². The molecule has 0 radical (unpaired) electrons. The number of benzene rings is 1. The van der Waals surface area contributed by atoms with Crippen molar-refractivity contribution in [1.82, 2.24) is 4.90 Å². The lowest BCUT2D eigenvalue weighted by Crippen LogP contribution is -2.65. The molecular formula is C32H44F5NO. The molecule has 0 aromatic heterocycles. The molecule has 3 unspecified atom stereocenters. The number of halogens is 5. The van der Waals surface area contributed by atoms with E-state index in [1.165, 1.54) is 6.92 Å². The Morgan fingerprint density at radius 2 is 1.64 bits per heavy atom. The number of rotatable bonds is 9. The molecular weight excluding hydrogens is 509 g/mol. The van der Waals surface area contributed by atoms with Gasteiger partial charge in [0, 0.05) is 17.9 Å². The molecule has 2 nitrogen and oxygen atoms in total. The second kappa shape index (κ2) is 11.1. The zero-order valence-electron chi connectivity index (χ0n) is 24.2. The van der Waals surface area contributed by atoms with E-state index in [4.69, 9.17) is 0 Å². The van der Waals surface area contributed by atoms with Gasteiger partial charge in [0.25, 0.3) is 0 Å². The lowest BCUT2D eigenvalue weighted by molar-refractivity contribution is -0.362. The van der Waals surface area contributed by atoms with Crippen LogP contribution in [0.15, 0.2) is 59.7 Å². The summed E-state index contributed by atoms with van der Waals surface area (Å²) in [7, 11) is 3.93. The first-order valence-corrected chi connectivity index (χ1v) is 13.8. The molecule has 2 aliphatic carbocycles. The Kier molecular flexibility index (Phi) is 8.99. The molecule has 2 aliphatic rings. The molecule has 0 aliphatic heterocycles. The SMILES string of the molecule is C=C(C)CC/C(C(=C)C)=C1/C(CC)C2CC[C@@](O)(C(F)(F)C(F)(F)F)C2(C)C[C@@H]1c1ccc(CN(C)C)cc1. The molecule has 0 amide bonds. The van der Waals surface area contributed by atoms with Crippen LogP contribution in [0.25, 0.3) is 0 Å². The number of fused-ring (bicyclic) bond motifs is 1. The van der Waals surface area contributed by atoms with Crippen LogP contribution in [0.1, 0.15) is 83.3 Å². The minimum absolute atomic E-state index is 0.00253. The van der Waals surface area contributed by atoms with Gasteiger partial charge in [-0.1, -0.05) is 61.4 Å².